The van der Waals surface area contributed by atoms with Gasteiger partial charge in [-0.25, -0.2) is 4.98 Å². The van der Waals surface area contributed by atoms with Crippen molar-refractivity contribution in [2.24, 2.45) is 0 Å². The number of aromatic nitrogens is 2. The van der Waals surface area contributed by atoms with E-state index in [1.807, 2.05) is 19.0 Å². The van der Waals surface area contributed by atoms with Gasteiger partial charge in [-0.05, 0) is 63.5 Å². The van der Waals surface area contributed by atoms with E-state index in [0.29, 0.717) is 41.3 Å². The molecule has 5 rings (SSSR count). The highest BCUT2D eigenvalue weighted by Crippen LogP contribution is 2.35. The lowest BCUT2D eigenvalue weighted by Crippen LogP contribution is -2.39. The Labute approximate surface area is 207 Å². The van der Waals surface area contributed by atoms with E-state index < -0.39 is 0 Å². The second kappa shape index (κ2) is 9.39. The number of nitrogens with zero attached hydrogens (tertiary/aromatic N) is 4. The van der Waals surface area contributed by atoms with Crippen LogP contribution in [0.15, 0.2) is 35.6 Å². The fourth-order valence-corrected chi connectivity index (χ4v) is 6.06. The summed E-state index contributed by atoms with van der Waals surface area (Å²) >= 11 is 1.61. The van der Waals surface area contributed by atoms with Crippen LogP contribution < -0.4 is 15.2 Å². The molecule has 1 amide bonds. The molecule has 0 spiro atoms. The van der Waals surface area contributed by atoms with E-state index in [4.69, 9.17) is 9.72 Å². The van der Waals surface area contributed by atoms with Gasteiger partial charge in [0.05, 0.1) is 24.2 Å². The molecule has 8 nitrogen and oxygen atoms in total. The van der Waals surface area contributed by atoms with Crippen molar-refractivity contribution in [3.8, 4) is 5.75 Å². The molecule has 0 radical (unpaired) electrons. The van der Waals surface area contributed by atoms with Crippen molar-refractivity contribution in [3.05, 3.63) is 63.0 Å². The second-order valence-corrected chi connectivity index (χ2v) is 10.3. The van der Waals surface area contributed by atoms with Crippen LogP contribution in [0.5, 0.6) is 5.75 Å². The van der Waals surface area contributed by atoms with Gasteiger partial charge in [-0.3, -0.25) is 19.0 Å². The summed E-state index contributed by atoms with van der Waals surface area (Å²) in [7, 11) is 3.83. The molecule has 3 heterocycles. The zero-order valence-electron chi connectivity index (χ0n) is 20.0. The Kier molecular flexibility index (Phi) is 6.29. The molecule has 0 fully saturated rings. The first kappa shape index (κ1) is 23.4. The smallest absolute Gasteiger partial charge is 0.265 e. The zero-order valence-corrected chi connectivity index (χ0v) is 20.8. The molecular weight excluding hydrogens is 464 g/mol. The van der Waals surface area contributed by atoms with Crippen LogP contribution in [-0.2, 0) is 30.7 Å². The summed E-state index contributed by atoms with van der Waals surface area (Å²) in [5.41, 5.74) is 1.90. The summed E-state index contributed by atoms with van der Waals surface area (Å²) < 4.78 is 7.06. The predicted molar refractivity (Wildman–Crippen MR) is 137 cm³/mol. The third kappa shape index (κ3) is 4.30. The number of thiophene rings is 1. The molecule has 35 heavy (non-hydrogen) atoms. The van der Waals surface area contributed by atoms with Crippen LogP contribution in [0.4, 0.5) is 5.69 Å². The Morgan fingerprint density at radius 3 is 2.83 bits per heavy atom. The fourth-order valence-electron chi connectivity index (χ4n) is 4.79. The summed E-state index contributed by atoms with van der Waals surface area (Å²) in [5.74, 6) is 0.700. The van der Waals surface area contributed by atoms with Gasteiger partial charge >= 0.3 is 0 Å². The maximum Gasteiger partial charge on any atom is 0.265 e. The van der Waals surface area contributed by atoms with Crippen molar-refractivity contribution in [3.63, 3.8) is 0 Å². The van der Waals surface area contributed by atoms with Crippen molar-refractivity contribution in [2.75, 3.05) is 32.1 Å². The van der Waals surface area contributed by atoms with Gasteiger partial charge in [0.1, 0.15) is 16.4 Å². The summed E-state index contributed by atoms with van der Waals surface area (Å²) in [4.78, 5) is 49.9. The topological polar surface area (TPSA) is 84.7 Å². The number of ether oxygens (including phenoxy) is 1. The first-order chi connectivity index (χ1) is 16.9. The van der Waals surface area contributed by atoms with E-state index in [1.54, 1.807) is 40.5 Å². The Hall–Kier alpha value is -3.30. The van der Waals surface area contributed by atoms with Crippen molar-refractivity contribution < 1.29 is 14.3 Å². The number of rotatable bonds is 7. The van der Waals surface area contributed by atoms with Gasteiger partial charge in [0.25, 0.3) is 11.5 Å². The molecule has 0 unspecified atom stereocenters. The number of fused-ring (bicyclic) bond motifs is 4. The third-order valence-electron chi connectivity index (χ3n) is 6.45. The molecule has 1 aromatic carbocycles. The molecule has 2 aliphatic rings. The van der Waals surface area contributed by atoms with Gasteiger partial charge in [0, 0.05) is 17.0 Å². The monoisotopic (exact) mass is 492 g/mol. The first-order valence-electron chi connectivity index (χ1n) is 11.8. The quantitative estimate of drug-likeness (QED) is 0.372. The highest BCUT2D eigenvalue weighted by atomic mass is 32.1. The minimum absolute atomic E-state index is 0.0476. The number of amides is 1. The van der Waals surface area contributed by atoms with E-state index in [9.17, 15) is 14.4 Å². The van der Waals surface area contributed by atoms with Crippen molar-refractivity contribution in [2.45, 2.75) is 38.8 Å². The Bertz CT molecular complexity index is 1400. The van der Waals surface area contributed by atoms with Gasteiger partial charge in [0.15, 0.2) is 12.4 Å². The molecule has 9 heteroatoms. The summed E-state index contributed by atoms with van der Waals surface area (Å²) in [6, 6.07) is 5.04. The maximum atomic E-state index is 13.7. The molecule has 1 aliphatic carbocycles. The Morgan fingerprint density at radius 2 is 2.06 bits per heavy atom. The minimum atomic E-state index is -0.225. The zero-order chi connectivity index (χ0) is 24.7. The number of carbonyl (C=O) groups is 2. The van der Waals surface area contributed by atoms with Crippen LogP contribution >= 0.6 is 11.3 Å². The van der Waals surface area contributed by atoms with Crippen LogP contribution in [0.3, 0.4) is 0 Å². The molecule has 0 atom stereocenters. The van der Waals surface area contributed by atoms with Crippen molar-refractivity contribution in [1.82, 2.24) is 14.5 Å². The molecule has 3 aromatic rings. The summed E-state index contributed by atoms with van der Waals surface area (Å²) in [5, 5.41) is 0.668. The van der Waals surface area contributed by atoms with Crippen LogP contribution in [0.25, 0.3) is 10.2 Å². The lowest BCUT2D eigenvalue weighted by molar-refractivity contribution is -0.121. The van der Waals surface area contributed by atoms with Crippen molar-refractivity contribution >= 4 is 38.9 Å². The molecule has 0 bridgehead atoms. The number of carbonyl (C=O) groups excluding carboxylic acids is 2. The van der Waals surface area contributed by atoms with E-state index in [0.717, 1.165) is 36.1 Å². The Morgan fingerprint density at radius 1 is 1.26 bits per heavy atom. The number of ketones is 1. The molecule has 182 valence electrons. The van der Waals surface area contributed by atoms with Crippen LogP contribution in [0.1, 0.15) is 39.5 Å². The first-order valence-corrected chi connectivity index (χ1v) is 12.6. The molecule has 0 saturated heterocycles. The highest BCUT2D eigenvalue weighted by molar-refractivity contribution is 7.18. The van der Waals surface area contributed by atoms with E-state index >= 15 is 0 Å². The third-order valence-corrected chi connectivity index (χ3v) is 7.63. The number of anilines is 1. The van der Waals surface area contributed by atoms with Gasteiger partial charge in [-0.1, -0.05) is 6.08 Å². The normalized spacial score (nSPS) is 15.2. The standard InChI is InChI=1S/C26H28N4O4S/c1-4-11-29-18-12-16(9-10-20(18)34-15-23(29)32)19(31)13-30-22(14-28(2)3)27-25-24(26(30)33)17-7-5-6-8-21(17)35-25/h4,9-10,12H,1,5-8,11,13-15H2,2-3H3. The Balaban J connectivity index is 1.55. The average molecular weight is 493 g/mol. The van der Waals surface area contributed by atoms with Crippen LogP contribution in [-0.4, -0.2) is 53.4 Å². The van der Waals surface area contributed by atoms with Crippen LogP contribution in [0.2, 0.25) is 0 Å². The SMILES string of the molecule is C=CCN1C(=O)COc2ccc(C(=O)Cn3c(CN(C)C)nc4sc5c(c4c3=O)CCCC5)cc21. The van der Waals surface area contributed by atoms with E-state index in [2.05, 4.69) is 6.58 Å². The van der Waals surface area contributed by atoms with E-state index in [-0.39, 0.29) is 30.4 Å². The van der Waals surface area contributed by atoms with Gasteiger partial charge in [-0.15, -0.1) is 17.9 Å². The van der Waals surface area contributed by atoms with Crippen molar-refractivity contribution in [1.29, 1.82) is 0 Å². The van der Waals surface area contributed by atoms with Crippen LogP contribution in [0, 0.1) is 0 Å². The lowest BCUT2D eigenvalue weighted by atomic mass is 9.97. The largest absolute Gasteiger partial charge is 0.482 e. The number of Topliss-reactive ketones (excluding diaryl/α,β-unsaturated/α-hetero) is 1. The summed E-state index contributed by atoms with van der Waals surface area (Å²) in [6.45, 7) is 4.32. The minimum Gasteiger partial charge on any atom is -0.482 e. The molecule has 0 N–H and O–H groups in total. The second-order valence-electron chi connectivity index (χ2n) is 9.24. The molecule has 2 aromatic heterocycles. The molecule has 1 aliphatic heterocycles. The highest BCUT2D eigenvalue weighted by Gasteiger charge is 2.27. The van der Waals surface area contributed by atoms with Gasteiger partial charge in [-0.2, -0.15) is 0 Å². The maximum absolute atomic E-state index is 13.7. The predicted octanol–water partition coefficient (Wildman–Crippen LogP) is 3.19. The fraction of sp³-hybridized carbons (Fsp3) is 0.385. The number of hydrogen-bond donors (Lipinski definition) is 0. The summed E-state index contributed by atoms with van der Waals surface area (Å²) in [6.07, 6.45) is 5.69. The number of benzene rings is 1. The average Bonchev–Trinajstić information content (AvgIpc) is 3.21. The number of aryl methyl sites for hydroxylation is 2. The lowest BCUT2D eigenvalue weighted by Gasteiger charge is -2.28. The number of hydrogen-bond acceptors (Lipinski definition) is 7. The molecular formula is C26H28N4O4S. The van der Waals surface area contributed by atoms with E-state index in [1.165, 1.54) is 9.44 Å². The van der Waals surface area contributed by atoms with Gasteiger partial charge < -0.3 is 14.5 Å². The molecule has 0 saturated carbocycles. The van der Waals surface area contributed by atoms with Gasteiger partial charge in [0.2, 0.25) is 0 Å².